The molecule has 8 aromatic rings. The Bertz CT molecular complexity index is 2110. The Labute approximate surface area is 226 Å². The standard InChI is InChI=1S/C37H24N2/c1-2-14-28(15-3-1)39-34-21-11-10-20-33(34)38-37(39)36-31-18-8-6-16-29(31)35(30-17-7-9-19-32(30)36)27-23-22-25-12-4-5-13-26(25)24-27/h1-24H. The van der Waals surface area contributed by atoms with Gasteiger partial charge in [0.05, 0.1) is 11.0 Å². The summed E-state index contributed by atoms with van der Waals surface area (Å²) < 4.78 is 2.30. The van der Waals surface area contributed by atoms with E-state index >= 15 is 0 Å². The molecule has 0 aliphatic heterocycles. The molecular weight excluding hydrogens is 472 g/mol. The van der Waals surface area contributed by atoms with Crippen LogP contribution in [0.15, 0.2) is 146 Å². The fourth-order valence-corrected chi connectivity index (χ4v) is 6.06. The molecule has 1 aromatic heterocycles. The van der Waals surface area contributed by atoms with Gasteiger partial charge in [0.2, 0.25) is 0 Å². The first-order valence-corrected chi connectivity index (χ1v) is 13.3. The van der Waals surface area contributed by atoms with Crippen molar-refractivity contribution < 1.29 is 0 Å². The van der Waals surface area contributed by atoms with Crippen molar-refractivity contribution in [1.29, 1.82) is 0 Å². The Morgan fingerprint density at radius 3 is 1.72 bits per heavy atom. The maximum atomic E-state index is 5.27. The van der Waals surface area contributed by atoms with Crippen LogP contribution in [0.5, 0.6) is 0 Å². The van der Waals surface area contributed by atoms with Crippen LogP contribution in [0.3, 0.4) is 0 Å². The van der Waals surface area contributed by atoms with Gasteiger partial charge in [0.1, 0.15) is 5.82 Å². The Hall–Kier alpha value is -5.21. The van der Waals surface area contributed by atoms with Crippen LogP contribution in [-0.2, 0) is 0 Å². The molecule has 0 atom stereocenters. The average molecular weight is 497 g/mol. The summed E-state index contributed by atoms with van der Waals surface area (Å²) >= 11 is 0. The molecule has 0 saturated carbocycles. The molecule has 1 heterocycles. The van der Waals surface area contributed by atoms with Crippen LogP contribution in [0.25, 0.3) is 71.6 Å². The number of rotatable bonds is 3. The first kappa shape index (κ1) is 21.8. The third-order valence-corrected chi connectivity index (χ3v) is 7.77. The minimum Gasteiger partial charge on any atom is -0.292 e. The van der Waals surface area contributed by atoms with E-state index in [1.54, 1.807) is 0 Å². The Kier molecular flexibility index (Phi) is 4.86. The van der Waals surface area contributed by atoms with Crippen molar-refractivity contribution in [3.8, 4) is 28.2 Å². The summed E-state index contributed by atoms with van der Waals surface area (Å²) in [6.07, 6.45) is 0. The molecule has 39 heavy (non-hydrogen) atoms. The SMILES string of the molecule is c1ccc(-n2c(-c3c4ccccc4c(-c4ccc5ccccc5c4)c4ccccc34)nc3ccccc32)cc1. The lowest BCUT2D eigenvalue weighted by atomic mass is 9.87. The molecule has 0 radical (unpaired) electrons. The second-order valence-corrected chi connectivity index (χ2v) is 10.00. The molecule has 0 aliphatic rings. The summed E-state index contributed by atoms with van der Waals surface area (Å²) in [5, 5.41) is 7.36. The third-order valence-electron chi connectivity index (χ3n) is 7.77. The third kappa shape index (κ3) is 3.39. The zero-order chi connectivity index (χ0) is 25.8. The Balaban J connectivity index is 1.53. The van der Waals surface area contributed by atoms with E-state index in [4.69, 9.17) is 4.98 Å². The predicted octanol–water partition coefficient (Wildman–Crippen LogP) is 9.82. The fourth-order valence-electron chi connectivity index (χ4n) is 6.06. The van der Waals surface area contributed by atoms with Crippen LogP contribution in [-0.4, -0.2) is 9.55 Å². The van der Waals surface area contributed by atoms with Crippen molar-refractivity contribution >= 4 is 43.4 Å². The van der Waals surface area contributed by atoms with Gasteiger partial charge in [0.15, 0.2) is 0 Å². The molecule has 2 nitrogen and oxygen atoms in total. The highest BCUT2D eigenvalue weighted by atomic mass is 15.1. The van der Waals surface area contributed by atoms with Gasteiger partial charge < -0.3 is 0 Å². The van der Waals surface area contributed by atoms with E-state index in [2.05, 4.69) is 150 Å². The van der Waals surface area contributed by atoms with Crippen molar-refractivity contribution in [1.82, 2.24) is 9.55 Å². The van der Waals surface area contributed by atoms with Crippen molar-refractivity contribution in [3.63, 3.8) is 0 Å². The number of imidazole rings is 1. The first-order chi connectivity index (χ1) is 19.4. The molecule has 0 aliphatic carbocycles. The highest BCUT2D eigenvalue weighted by molar-refractivity contribution is 6.21. The van der Waals surface area contributed by atoms with E-state index in [1.165, 1.54) is 43.4 Å². The van der Waals surface area contributed by atoms with E-state index in [0.717, 1.165) is 28.1 Å². The van der Waals surface area contributed by atoms with E-state index in [0.29, 0.717) is 0 Å². The quantitative estimate of drug-likeness (QED) is 0.223. The first-order valence-electron chi connectivity index (χ1n) is 13.3. The average Bonchev–Trinajstić information content (AvgIpc) is 3.39. The second-order valence-electron chi connectivity index (χ2n) is 10.00. The molecule has 0 unspecified atom stereocenters. The molecule has 0 bridgehead atoms. The zero-order valence-corrected chi connectivity index (χ0v) is 21.3. The maximum Gasteiger partial charge on any atom is 0.146 e. The van der Waals surface area contributed by atoms with Crippen LogP contribution < -0.4 is 0 Å². The summed E-state index contributed by atoms with van der Waals surface area (Å²) in [6, 6.07) is 51.9. The van der Waals surface area contributed by atoms with Gasteiger partial charge in [-0.2, -0.15) is 0 Å². The second kappa shape index (κ2) is 8.68. The monoisotopic (exact) mass is 496 g/mol. The van der Waals surface area contributed by atoms with Crippen molar-refractivity contribution in [2.24, 2.45) is 0 Å². The summed E-state index contributed by atoms with van der Waals surface area (Å²) in [5.74, 6) is 0.958. The topological polar surface area (TPSA) is 17.8 Å². The molecule has 182 valence electrons. The lowest BCUT2D eigenvalue weighted by molar-refractivity contribution is 1.11. The van der Waals surface area contributed by atoms with Crippen molar-refractivity contribution in [2.45, 2.75) is 0 Å². The van der Waals surface area contributed by atoms with Crippen LogP contribution in [0, 0.1) is 0 Å². The number of para-hydroxylation sites is 3. The number of fused-ring (bicyclic) bond motifs is 4. The number of hydrogen-bond donors (Lipinski definition) is 0. The van der Waals surface area contributed by atoms with Crippen molar-refractivity contribution in [3.05, 3.63) is 146 Å². The smallest absolute Gasteiger partial charge is 0.146 e. The minimum absolute atomic E-state index is 0.958. The summed E-state index contributed by atoms with van der Waals surface area (Å²) in [5.41, 5.74) is 6.84. The van der Waals surface area contributed by atoms with E-state index in [9.17, 15) is 0 Å². The zero-order valence-electron chi connectivity index (χ0n) is 21.3. The highest BCUT2D eigenvalue weighted by Crippen LogP contribution is 2.44. The van der Waals surface area contributed by atoms with E-state index in [-0.39, 0.29) is 0 Å². The van der Waals surface area contributed by atoms with Crippen LogP contribution in [0.1, 0.15) is 0 Å². The molecule has 0 saturated heterocycles. The Morgan fingerprint density at radius 2 is 1.00 bits per heavy atom. The lowest BCUT2D eigenvalue weighted by Crippen LogP contribution is -1.99. The van der Waals surface area contributed by atoms with Gasteiger partial charge in [0.25, 0.3) is 0 Å². The molecule has 2 heteroatoms. The number of benzene rings is 7. The maximum absolute atomic E-state index is 5.27. The largest absolute Gasteiger partial charge is 0.292 e. The summed E-state index contributed by atoms with van der Waals surface area (Å²) in [4.78, 5) is 5.27. The fraction of sp³-hybridized carbons (Fsp3) is 0. The molecule has 0 amide bonds. The van der Waals surface area contributed by atoms with Gasteiger partial charge in [-0.15, -0.1) is 0 Å². The van der Waals surface area contributed by atoms with Crippen LogP contribution in [0.2, 0.25) is 0 Å². The molecule has 8 rings (SSSR count). The normalized spacial score (nSPS) is 11.6. The van der Waals surface area contributed by atoms with Gasteiger partial charge in [-0.25, -0.2) is 4.98 Å². The van der Waals surface area contributed by atoms with Crippen LogP contribution >= 0.6 is 0 Å². The molecule has 0 N–H and O–H groups in total. The van der Waals surface area contributed by atoms with Gasteiger partial charge >= 0.3 is 0 Å². The van der Waals surface area contributed by atoms with Gasteiger partial charge in [-0.1, -0.05) is 115 Å². The van der Waals surface area contributed by atoms with Gasteiger partial charge in [-0.05, 0) is 73.8 Å². The number of aromatic nitrogens is 2. The predicted molar refractivity (Wildman–Crippen MR) is 164 cm³/mol. The van der Waals surface area contributed by atoms with Gasteiger partial charge in [-0.3, -0.25) is 4.57 Å². The summed E-state index contributed by atoms with van der Waals surface area (Å²) in [7, 11) is 0. The number of hydrogen-bond acceptors (Lipinski definition) is 1. The minimum atomic E-state index is 0.958. The van der Waals surface area contributed by atoms with Gasteiger partial charge in [0, 0.05) is 11.3 Å². The van der Waals surface area contributed by atoms with E-state index in [1.807, 2.05) is 0 Å². The molecule has 0 fully saturated rings. The van der Waals surface area contributed by atoms with Crippen molar-refractivity contribution in [2.75, 3.05) is 0 Å². The molecule has 0 spiro atoms. The lowest BCUT2D eigenvalue weighted by Gasteiger charge is -2.18. The van der Waals surface area contributed by atoms with E-state index < -0.39 is 0 Å². The molecular formula is C37H24N2. The molecule has 7 aromatic carbocycles. The Morgan fingerprint density at radius 1 is 0.436 bits per heavy atom. The van der Waals surface area contributed by atoms with Crippen LogP contribution in [0.4, 0.5) is 0 Å². The number of nitrogens with zero attached hydrogens (tertiary/aromatic N) is 2. The highest BCUT2D eigenvalue weighted by Gasteiger charge is 2.21. The summed E-state index contributed by atoms with van der Waals surface area (Å²) in [6.45, 7) is 0.